The Morgan fingerprint density at radius 1 is 1.28 bits per heavy atom. The van der Waals surface area contributed by atoms with Crippen molar-refractivity contribution >= 4 is 27.7 Å². The Labute approximate surface area is 152 Å². The molecule has 3 rings (SSSR count). The van der Waals surface area contributed by atoms with E-state index in [1.54, 1.807) is 18.2 Å². The van der Waals surface area contributed by atoms with E-state index in [1.807, 2.05) is 18.2 Å². The van der Waals surface area contributed by atoms with Crippen LogP contribution in [0, 0.1) is 5.82 Å². The molecule has 0 saturated carbocycles. The summed E-state index contributed by atoms with van der Waals surface area (Å²) in [6.07, 6.45) is 0. The average molecular weight is 407 g/mol. The monoisotopic (exact) mass is 406 g/mol. The van der Waals surface area contributed by atoms with Gasteiger partial charge in [0.05, 0.1) is 0 Å². The molecule has 1 aliphatic rings. The summed E-state index contributed by atoms with van der Waals surface area (Å²) in [4.78, 5) is 26.3. The Balaban J connectivity index is 1.74. The van der Waals surface area contributed by atoms with Crippen molar-refractivity contribution in [3.63, 3.8) is 0 Å². The van der Waals surface area contributed by atoms with E-state index < -0.39 is 11.9 Å². The Morgan fingerprint density at radius 3 is 2.76 bits per heavy atom. The Hall–Kier alpha value is -2.41. The predicted octanol–water partition coefficient (Wildman–Crippen LogP) is 2.67. The maximum absolute atomic E-state index is 13.8. The number of hydrogen-bond acceptors (Lipinski definition) is 3. The lowest BCUT2D eigenvalue weighted by atomic mass is 10.0. The van der Waals surface area contributed by atoms with Crippen LogP contribution in [0.2, 0.25) is 0 Å². The van der Waals surface area contributed by atoms with E-state index >= 15 is 0 Å². The molecule has 0 radical (unpaired) electrons. The smallest absolute Gasteiger partial charge is 0.261 e. The molecule has 2 amide bonds. The van der Waals surface area contributed by atoms with Crippen molar-refractivity contribution in [3.8, 4) is 5.75 Å². The SMILES string of the molecule is O=C1NCCN(C(=O)COc2ccc(Br)cc2F)C1c1ccccc1. The molecule has 1 unspecified atom stereocenters. The van der Waals surface area contributed by atoms with Crippen LogP contribution < -0.4 is 10.1 Å². The second-order valence-electron chi connectivity index (χ2n) is 5.55. The third-order valence-electron chi connectivity index (χ3n) is 3.89. The van der Waals surface area contributed by atoms with Crippen molar-refractivity contribution in [2.75, 3.05) is 19.7 Å². The first kappa shape index (κ1) is 17.4. The average Bonchev–Trinajstić information content (AvgIpc) is 2.61. The molecule has 1 heterocycles. The number of piperazine rings is 1. The third-order valence-corrected chi connectivity index (χ3v) is 4.39. The van der Waals surface area contributed by atoms with Crippen LogP contribution in [0.15, 0.2) is 53.0 Å². The second kappa shape index (κ2) is 7.65. The van der Waals surface area contributed by atoms with Gasteiger partial charge in [-0.1, -0.05) is 46.3 Å². The van der Waals surface area contributed by atoms with Crippen LogP contribution in [0.25, 0.3) is 0 Å². The Kier molecular flexibility index (Phi) is 5.33. The zero-order chi connectivity index (χ0) is 17.8. The largest absolute Gasteiger partial charge is 0.481 e. The summed E-state index contributed by atoms with van der Waals surface area (Å²) in [6, 6.07) is 12.7. The van der Waals surface area contributed by atoms with Gasteiger partial charge in [0, 0.05) is 17.6 Å². The number of nitrogens with one attached hydrogen (secondary N) is 1. The van der Waals surface area contributed by atoms with Gasteiger partial charge in [-0.25, -0.2) is 4.39 Å². The molecule has 0 spiro atoms. The number of nitrogens with zero attached hydrogens (tertiary/aromatic N) is 1. The van der Waals surface area contributed by atoms with E-state index in [-0.39, 0.29) is 24.2 Å². The number of halogens is 2. The third kappa shape index (κ3) is 3.99. The van der Waals surface area contributed by atoms with Gasteiger partial charge in [0.2, 0.25) is 5.91 Å². The van der Waals surface area contributed by atoms with E-state index in [1.165, 1.54) is 17.0 Å². The Morgan fingerprint density at radius 2 is 2.04 bits per heavy atom. The van der Waals surface area contributed by atoms with Gasteiger partial charge < -0.3 is 15.0 Å². The molecule has 1 aliphatic heterocycles. The maximum Gasteiger partial charge on any atom is 0.261 e. The minimum Gasteiger partial charge on any atom is -0.481 e. The summed E-state index contributed by atoms with van der Waals surface area (Å²) < 4.78 is 19.7. The van der Waals surface area contributed by atoms with Crippen LogP contribution in [0.3, 0.4) is 0 Å². The molecule has 0 bridgehead atoms. The van der Waals surface area contributed by atoms with Gasteiger partial charge in [0.1, 0.15) is 6.04 Å². The second-order valence-corrected chi connectivity index (χ2v) is 6.47. The molecule has 7 heteroatoms. The van der Waals surface area contributed by atoms with Gasteiger partial charge in [0.15, 0.2) is 18.2 Å². The highest BCUT2D eigenvalue weighted by atomic mass is 79.9. The molecule has 130 valence electrons. The van der Waals surface area contributed by atoms with Gasteiger partial charge in [0.25, 0.3) is 5.91 Å². The zero-order valence-electron chi connectivity index (χ0n) is 13.2. The first-order valence-electron chi connectivity index (χ1n) is 7.76. The van der Waals surface area contributed by atoms with Crippen LogP contribution in [0.1, 0.15) is 11.6 Å². The molecular weight excluding hydrogens is 391 g/mol. The lowest BCUT2D eigenvalue weighted by Crippen LogP contribution is -2.53. The molecule has 1 atom stereocenters. The van der Waals surface area contributed by atoms with Crippen molar-refractivity contribution in [1.82, 2.24) is 10.2 Å². The molecule has 2 aromatic rings. The predicted molar refractivity (Wildman–Crippen MR) is 93.5 cm³/mol. The molecule has 1 fully saturated rings. The molecule has 1 N–H and O–H groups in total. The number of benzene rings is 2. The van der Waals surface area contributed by atoms with E-state index in [0.29, 0.717) is 17.6 Å². The van der Waals surface area contributed by atoms with Crippen molar-refractivity contribution in [3.05, 3.63) is 64.4 Å². The first-order chi connectivity index (χ1) is 12.1. The summed E-state index contributed by atoms with van der Waals surface area (Å²) in [5.41, 5.74) is 0.725. The quantitative estimate of drug-likeness (QED) is 0.848. The fraction of sp³-hybridized carbons (Fsp3) is 0.222. The van der Waals surface area contributed by atoms with Gasteiger partial charge in [-0.2, -0.15) is 0 Å². The molecule has 25 heavy (non-hydrogen) atoms. The molecule has 2 aromatic carbocycles. The number of rotatable bonds is 4. The minimum atomic E-state index is -0.708. The van der Waals surface area contributed by atoms with Crippen molar-refractivity contribution in [2.45, 2.75) is 6.04 Å². The summed E-state index contributed by atoms with van der Waals surface area (Å²) in [7, 11) is 0. The minimum absolute atomic E-state index is 0.00530. The van der Waals surface area contributed by atoms with Gasteiger partial charge in [-0.15, -0.1) is 0 Å². The van der Waals surface area contributed by atoms with Crippen molar-refractivity contribution in [2.24, 2.45) is 0 Å². The van der Waals surface area contributed by atoms with Crippen LogP contribution in [-0.2, 0) is 9.59 Å². The lowest BCUT2D eigenvalue weighted by Gasteiger charge is -2.35. The maximum atomic E-state index is 13.8. The summed E-state index contributed by atoms with van der Waals surface area (Å²) in [6.45, 7) is 0.409. The van der Waals surface area contributed by atoms with Crippen LogP contribution >= 0.6 is 15.9 Å². The fourth-order valence-corrected chi connectivity index (χ4v) is 3.05. The number of carbonyl (C=O) groups excluding carboxylic acids is 2. The summed E-state index contributed by atoms with van der Waals surface area (Å²) in [5.74, 6) is -1.17. The lowest BCUT2D eigenvalue weighted by molar-refractivity contribution is -0.145. The van der Waals surface area contributed by atoms with Crippen molar-refractivity contribution < 1.29 is 18.7 Å². The van der Waals surface area contributed by atoms with E-state index in [9.17, 15) is 14.0 Å². The van der Waals surface area contributed by atoms with Crippen LogP contribution in [0.4, 0.5) is 4.39 Å². The van der Waals surface area contributed by atoms with E-state index in [4.69, 9.17) is 4.74 Å². The van der Waals surface area contributed by atoms with Gasteiger partial charge in [-0.05, 0) is 23.8 Å². The number of ether oxygens (including phenoxy) is 1. The highest BCUT2D eigenvalue weighted by Crippen LogP contribution is 2.24. The fourth-order valence-electron chi connectivity index (χ4n) is 2.72. The van der Waals surface area contributed by atoms with E-state index in [0.717, 1.165) is 5.56 Å². The first-order valence-corrected chi connectivity index (χ1v) is 8.55. The van der Waals surface area contributed by atoms with Gasteiger partial charge in [-0.3, -0.25) is 9.59 Å². The number of hydrogen-bond donors (Lipinski definition) is 1. The van der Waals surface area contributed by atoms with E-state index in [2.05, 4.69) is 21.2 Å². The van der Waals surface area contributed by atoms with Crippen LogP contribution in [-0.4, -0.2) is 36.4 Å². The number of carbonyl (C=O) groups is 2. The molecule has 0 aromatic heterocycles. The number of amides is 2. The topological polar surface area (TPSA) is 58.6 Å². The van der Waals surface area contributed by atoms with Gasteiger partial charge >= 0.3 is 0 Å². The Bertz CT molecular complexity index is 785. The highest BCUT2D eigenvalue weighted by molar-refractivity contribution is 9.10. The molecule has 0 aliphatic carbocycles. The normalized spacial score (nSPS) is 17.1. The summed E-state index contributed by atoms with van der Waals surface area (Å²) >= 11 is 3.16. The molecule has 5 nitrogen and oxygen atoms in total. The highest BCUT2D eigenvalue weighted by Gasteiger charge is 2.34. The van der Waals surface area contributed by atoms with Crippen LogP contribution in [0.5, 0.6) is 5.75 Å². The molecular formula is C18H16BrFN2O3. The zero-order valence-corrected chi connectivity index (χ0v) is 14.8. The van der Waals surface area contributed by atoms with Crippen molar-refractivity contribution in [1.29, 1.82) is 0 Å². The summed E-state index contributed by atoms with van der Waals surface area (Å²) in [5, 5.41) is 2.77. The standard InChI is InChI=1S/C18H16BrFN2O3/c19-13-6-7-15(14(20)10-13)25-11-16(23)22-9-8-21-18(24)17(22)12-4-2-1-3-5-12/h1-7,10,17H,8-9,11H2,(H,21,24). The molecule has 1 saturated heterocycles.